The SMILES string of the molecule is CCCCC/C=C\C/C=C\C/C=C\C/C=C\C/C=C\CCC(=O)OC[C@H](COP(=O)(O)OC[C@@H](O)COP(=O)(O)O)OC(=O)CCC/C=C\C/C=C\C/C=C\CC1OC1CCCCC. The Bertz CT molecular complexity index is 1560. The van der Waals surface area contributed by atoms with Crippen LogP contribution in [0.25, 0.3) is 0 Å². The van der Waals surface area contributed by atoms with E-state index in [-0.39, 0.29) is 12.8 Å². The van der Waals surface area contributed by atoms with Gasteiger partial charge in [-0.15, -0.1) is 0 Å². The Morgan fingerprint density at radius 3 is 1.59 bits per heavy atom. The summed E-state index contributed by atoms with van der Waals surface area (Å²) in [5.41, 5.74) is 0. The molecule has 0 aromatic rings. The molecule has 0 spiro atoms. The summed E-state index contributed by atoms with van der Waals surface area (Å²) in [7, 11) is -9.73. The fraction of sp³-hybridized carbons (Fsp3) is 0.625. The molecule has 1 aliphatic heterocycles. The number of hydrogen-bond donors (Lipinski definition) is 4. The van der Waals surface area contributed by atoms with Crippen molar-refractivity contribution < 1.29 is 66.3 Å². The standard InChI is InChI=1S/C48H78O14P2/c1-3-5-7-8-9-10-11-12-13-14-15-16-17-18-19-23-26-29-33-37-47(50)57-41-44(42-60-64(55,56)59-40-43(49)39-58-63(52,53)54)61-48(51)38-34-30-27-24-21-20-22-25-28-32-36-46-45(62-46)35-31-6-4-2/h9-10,12-13,15-16,18-20,22,24,26-29,32,43-46,49H,3-8,11,14,17,21,23,25,30-31,33-42H2,1-2H3,(H,55,56)(H2,52,53,54)/b10-9-,13-12-,16-15-,19-18-,22-20-,27-24-,29-26-,32-28-/t43-,44+,45?,46?/m0/s1. The molecule has 3 unspecified atom stereocenters. The van der Waals surface area contributed by atoms with Gasteiger partial charge in [0.2, 0.25) is 0 Å². The van der Waals surface area contributed by atoms with Crippen LogP contribution in [0.4, 0.5) is 0 Å². The fourth-order valence-electron chi connectivity index (χ4n) is 5.77. The number of ether oxygens (including phenoxy) is 3. The average Bonchev–Trinajstić information content (AvgIpc) is 4.01. The number of esters is 2. The number of carbonyl (C=O) groups is 2. The molecule has 364 valence electrons. The Labute approximate surface area is 383 Å². The van der Waals surface area contributed by atoms with Gasteiger partial charge in [-0.2, -0.15) is 0 Å². The van der Waals surface area contributed by atoms with Crippen LogP contribution in [0, 0.1) is 0 Å². The van der Waals surface area contributed by atoms with Gasteiger partial charge >= 0.3 is 27.6 Å². The molecule has 0 bridgehead atoms. The maximum Gasteiger partial charge on any atom is 0.472 e. The second kappa shape index (κ2) is 39.2. The minimum Gasteiger partial charge on any atom is -0.462 e. The van der Waals surface area contributed by atoms with E-state index in [0.29, 0.717) is 37.9 Å². The smallest absolute Gasteiger partial charge is 0.462 e. The summed E-state index contributed by atoms with van der Waals surface area (Å²) in [6.45, 7) is 1.54. The lowest BCUT2D eigenvalue weighted by Crippen LogP contribution is -2.29. The highest BCUT2D eigenvalue weighted by Crippen LogP contribution is 2.44. The van der Waals surface area contributed by atoms with Gasteiger partial charge in [-0.05, 0) is 83.5 Å². The van der Waals surface area contributed by atoms with E-state index in [9.17, 15) is 28.7 Å². The highest BCUT2D eigenvalue weighted by molar-refractivity contribution is 7.47. The van der Waals surface area contributed by atoms with Gasteiger partial charge in [-0.25, -0.2) is 9.13 Å². The van der Waals surface area contributed by atoms with Crippen molar-refractivity contribution in [2.45, 2.75) is 167 Å². The summed E-state index contributed by atoms with van der Waals surface area (Å²) in [4.78, 5) is 52.7. The molecule has 0 radical (unpaired) electrons. The summed E-state index contributed by atoms with van der Waals surface area (Å²) in [6, 6.07) is 0. The van der Waals surface area contributed by atoms with E-state index in [1.165, 1.54) is 38.5 Å². The van der Waals surface area contributed by atoms with Crippen molar-refractivity contribution in [2.75, 3.05) is 26.4 Å². The van der Waals surface area contributed by atoms with Gasteiger partial charge in [0.1, 0.15) is 12.7 Å². The van der Waals surface area contributed by atoms with Crippen LogP contribution in [-0.2, 0) is 46.5 Å². The first-order chi connectivity index (χ1) is 30.8. The number of rotatable bonds is 41. The third-order valence-electron chi connectivity index (χ3n) is 9.37. The molecule has 64 heavy (non-hydrogen) atoms. The number of aliphatic hydroxyl groups excluding tert-OH is 1. The van der Waals surface area contributed by atoms with E-state index >= 15 is 0 Å². The van der Waals surface area contributed by atoms with Crippen molar-refractivity contribution in [2.24, 2.45) is 0 Å². The molecule has 0 aliphatic carbocycles. The molecule has 4 N–H and O–H groups in total. The van der Waals surface area contributed by atoms with Gasteiger partial charge in [0.15, 0.2) is 6.10 Å². The Kier molecular flexibility index (Phi) is 36.1. The van der Waals surface area contributed by atoms with Crippen molar-refractivity contribution in [1.82, 2.24) is 0 Å². The molecular formula is C48H78O14P2. The summed E-state index contributed by atoms with van der Waals surface area (Å²) < 4.78 is 53.4. The van der Waals surface area contributed by atoms with Gasteiger partial charge < -0.3 is 34.0 Å². The first kappa shape index (κ1) is 59.0. The topological polar surface area (TPSA) is 208 Å². The molecule has 1 saturated heterocycles. The zero-order valence-electron chi connectivity index (χ0n) is 38.3. The molecule has 16 heteroatoms. The molecule has 0 saturated carbocycles. The van der Waals surface area contributed by atoms with Crippen LogP contribution < -0.4 is 0 Å². The molecule has 0 aromatic carbocycles. The number of carbonyl (C=O) groups excluding carboxylic acids is 2. The largest absolute Gasteiger partial charge is 0.472 e. The minimum atomic E-state index is -4.88. The second-order valence-electron chi connectivity index (χ2n) is 15.4. The maximum atomic E-state index is 12.7. The lowest BCUT2D eigenvalue weighted by atomic mass is 10.1. The van der Waals surface area contributed by atoms with Crippen molar-refractivity contribution in [3.05, 3.63) is 97.2 Å². The van der Waals surface area contributed by atoms with Crippen molar-refractivity contribution >= 4 is 27.6 Å². The predicted octanol–water partition coefficient (Wildman–Crippen LogP) is 11.1. The number of allylic oxidation sites excluding steroid dienone is 15. The summed E-state index contributed by atoms with van der Waals surface area (Å²) in [6.07, 6.45) is 48.8. The van der Waals surface area contributed by atoms with Crippen LogP contribution in [0.15, 0.2) is 97.2 Å². The Morgan fingerprint density at radius 2 is 1.03 bits per heavy atom. The van der Waals surface area contributed by atoms with Crippen LogP contribution in [0.2, 0.25) is 0 Å². The third kappa shape index (κ3) is 39.4. The van der Waals surface area contributed by atoms with Gasteiger partial charge in [-0.1, -0.05) is 143 Å². The minimum absolute atomic E-state index is 0.0306. The number of aliphatic hydroxyl groups is 1. The molecule has 0 amide bonds. The van der Waals surface area contributed by atoms with Crippen LogP contribution in [0.3, 0.4) is 0 Å². The van der Waals surface area contributed by atoms with Crippen molar-refractivity contribution in [1.29, 1.82) is 0 Å². The first-order valence-corrected chi connectivity index (χ1v) is 26.1. The molecule has 1 rings (SSSR count). The van der Waals surface area contributed by atoms with Gasteiger partial charge in [0.05, 0.1) is 32.0 Å². The van der Waals surface area contributed by atoms with E-state index in [2.05, 4.69) is 89.7 Å². The summed E-state index contributed by atoms with van der Waals surface area (Å²) >= 11 is 0. The Hall–Kier alpha value is -3.00. The molecule has 5 atom stereocenters. The zero-order valence-corrected chi connectivity index (χ0v) is 40.1. The van der Waals surface area contributed by atoms with E-state index in [0.717, 1.165) is 51.4 Å². The third-order valence-corrected chi connectivity index (χ3v) is 10.8. The summed E-state index contributed by atoms with van der Waals surface area (Å²) in [5, 5.41) is 9.76. The lowest BCUT2D eigenvalue weighted by molar-refractivity contribution is -0.161. The molecule has 1 aliphatic rings. The van der Waals surface area contributed by atoms with Crippen LogP contribution >= 0.6 is 15.6 Å². The number of phosphoric acid groups is 2. The monoisotopic (exact) mass is 940 g/mol. The van der Waals surface area contributed by atoms with Crippen molar-refractivity contribution in [3.8, 4) is 0 Å². The number of epoxide rings is 1. The molecule has 14 nitrogen and oxygen atoms in total. The lowest BCUT2D eigenvalue weighted by Gasteiger charge is -2.20. The quantitative estimate of drug-likeness (QED) is 0.0148. The van der Waals surface area contributed by atoms with E-state index < -0.39 is 66.2 Å². The van der Waals surface area contributed by atoms with Crippen molar-refractivity contribution in [3.63, 3.8) is 0 Å². The van der Waals surface area contributed by atoms with Crippen LogP contribution in [0.1, 0.15) is 142 Å². The molecule has 0 aromatic heterocycles. The predicted molar refractivity (Wildman–Crippen MR) is 252 cm³/mol. The first-order valence-electron chi connectivity index (χ1n) is 23.1. The van der Waals surface area contributed by atoms with Gasteiger partial charge in [0, 0.05) is 12.8 Å². The highest BCUT2D eigenvalue weighted by atomic mass is 31.2. The Morgan fingerprint density at radius 1 is 0.547 bits per heavy atom. The summed E-state index contributed by atoms with van der Waals surface area (Å²) in [5.74, 6) is -1.21. The van der Waals surface area contributed by atoms with E-state index in [1.807, 2.05) is 30.4 Å². The van der Waals surface area contributed by atoms with Crippen LogP contribution in [0.5, 0.6) is 0 Å². The number of hydrogen-bond acceptors (Lipinski definition) is 11. The van der Waals surface area contributed by atoms with Gasteiger partial charge in [0.25, 0.3) is 0 Å². The number of phosphoric ester groups is 2. The fourth-order valence-corrected chi connectivity index (χ4v) is 6.92. The second-order valence-corrected chi connectivity index (χ2v) is 18.0. The highest BCUT2D eigenvalue weighted by Gasteiger charge is 2.36. The van der Waals surface area contributed by atoms with Crippen LogP contribution in [-0.4, -0.2) is 82.6 Å². The van der Waals surface area contributed by atoms with E-state index in [4.69, 9.17) is 28.5 Å². The maximum absolute atomic E-state index is 12.7. The normalized spacial score (nSPS) is 18.0. The average molecular weight is 941 g/mol. The van der Waals surface area contributed by atoms with Gasteiger partial charge in [-0.3, -0.25) is 23.2 Å². The molecular weight excluding hydrogens is 862 g/mol. The molecule has 1 fully saturated rings. The molecule has 1 heterocycles. The van der Waals surface area contributed by atoms with E-state index in [1.54, 1.807) is 0 Å². The zero-order chi connectivity index (χ0) is 47.0. The number of unbranched alkanes of at least 4 members (excludes halogenated alkanes) is 6. The Balaban J connectivity index is 2.44.